The summed E-state index contributed by atoms with van der Waals surface area (Å²) in [5.41, 5.74) is 4.19. The molecule has 9 heteroatoms. The van der Waals surface area contributed by atoms with Gasteiger partial charge in [-0.2, -0.15) is 0 Å². The van der Waals surface area contributed by atoms with Crippen LogP contribution in [0, 0.1) is 0 Å². The normalized spacial score (nSPS) is 11.5. The van der Waals surface area contributed by atoms with E-state index in [1.165, 1.54) is 0 Å². The molecule has 6 rings (SSSR count). The summed E-state index contributed by atoms with van der Waals surface area (Å²) in [6.45, 7) is 5.08. The van der Waals surface area contributed by atoms with Gasteiger partial charge in [-0.25, -0.2) is 0 Å². The Morgan fingerprint density at radius 3 is 1.67 bits per heavy atom. The van der Waals surface area contributed by atoms with Gasteiger partial charge < -0.3 is 15.3 Å². The van der Waals surface area contributed by atoms with Gasteiger partial charge in [0.2, 0.25) is 0 Å². The van der Waals surface area contributed by atoms with Gasteiger partial charge in [0.1, 0.15) is 0 Å². The minimum Gasteiger partial charge on any atom is -0.481 e. The summed E-state index contributed by atoms with van der Waals surface area (Å²) in [6.07, 6.45) is 5.23. The van der Waals surface area contributed by atoms with E-state index in [2.05, 4.69) is 15.0 Å². The molecule has 0 amide bonds. The third kappa shape index (κ3) is 8.23. The number of aromatic nitrogens is 3. The number of carboxylic acid groups (broad SMARTS) is 3. The van der Waals surface area contributed by atoms with E-state index in [1.54, 1.807) is 45.4 Å². The Hall–Kier alpha value is -5.70. The number of hydrogen-bond donors (Lipinski definition) is 3. The lowest BCUT2D eigenvalue weighted by Gasteiger charge is -2.19. The van der Waals surface area contributed by atoms with Gasteiger partial charge in [-0.05, 0) is 92.1 Å². The third-order valence-electron chi connectivity index (χ3n) is 7.38. The zero-order valence-electron chi connectivity index (χ0n) is 25.1. The highest BCUT2D eigenvalue weighted by molar-refractivity contribution is 5.85. The van der Waals surface area contributed by atoms with Crippen molar-refractivity contribution >= 4 is 50.6 Å². The van der Waals surface area contributed by atoms with Crippen molar-refractivity contribution in [1.82, 2.24) is 15.0 Å². The summed E-state index contributed by atoms with van der Waals surface area (Å²) >= 11 is 0. The molecule has 45 heavy (non-hydrogen) atoms. The molecule has 0 saturated carbocycles. The molecule has 0 spiro atoms. The summed E-state index contributed by atoms with van der Waals surface area (Å²) in [7, 11) is 0. The molecule has 0 radical (unpaired) electrons. The van der Waals surface area contributed by atoms with Crippen LogP contribution in [0.2, 0.25) is 0 Å². The first-order valence-corrected chi connectivity index (χ1v) is 14.2. The number of rotatable bonds is 6. The first kappa shape index (κ1) is 32.2. The van der Waals surface area contributed by atoms with Crippen molar-refractivity contribution < 1.29 is 29.7 Å². The van der Waals surface area contributed by atoms with E-state index in [0.717, 1.165) is 49.4 Å². The number of carboxylic acids is 3. The Morgan fingerprint density at radius 1 is 0.667 bits per heavy atom. The van der Waals surface area contributed by atoms with Crippen LogP contribution >= 0.6 is 0 Å². The highest BCUT2D eigenvalue weighted by Gasteiger charge is 2.29. The zero-order chi connectivity index (χ0) is 32.6. The molecule has 0 saturated heterocycles. The Bertz CT molecular complexity index is 1990. The van der Waals surface area contributed by atoms with Crippen molar-refractivity contribution in [3.05, 3.63) is 126 Å². The monoisotopic (exact) mass is 603 g/mol. The van der Waals surface area contributed by atoms with Crippen LogP contribution in [0.4, 0.5) is 0 Å². The van der Waals surface area contributed by atoms with Crippen LogP contribution in [0.3, 0.4) is 0 Å². The second kappa shape index (κ2) is 14.2. The molecule has 0 aliphatic carbocycles. The largest absolute Gasteiger partial charge is 0.481 e. The molecule has 3 N–H and O–H groups in total. The van der Waals surface area contributed by atoms with E-state index in [-0.39, 0.29) is 6.42 Å². The van der Waals surface area contributed by atoms with Crippen molar-refractivity contribution in [2.45, 2.75) is 38.5 Å². The Labute approximate surface area is 259 Å². The van der Waals surface area contributed by atoms with Crippen molar-refractivity contribution in [1.29, 1.82) is 0 Å². The van der Waals surface area contributed by atoms with Crippen LogP contribution in [0.25, 0.3) is 32.7 Å². The highest BCUT2D eigenvalue weighted by atomic mass is 16.4. The van der Waals surface area contributed by atoms with Crippen molar-refractivity contribution in [3.63, 3.8) is 0 Å². The molecule has 0 bridgehead atoms. The molecule has 0 fully saturated rings. The van der Waals surface area contributed by atoms with Gasteiger partial charge >= 0.3 is 17.9 Å². The molecule has 0 aliphatic rings. The van der Waals surface area contributed by atoms with Gasteiger partial charge in [0.25, 0.3) is 0 Å². The van der Waals surface area contributed by atoms with Crippen LogP contribution in [-0.4, -0.2) is 48.2 Å². The van der Waals surface area contributed by atoms with Gasteiger partial charge in [0, 0.05) is 34.7 Å². The first-order chi connectivity index (χ1) is 21.5. The molecule has 0 aliphatic heterocycles. The number of carbonyl (C=O) groups is 3. The van der Waals surface area contributed by atoms with Crippen LogP contribution in [0.1, 0.15) is 43.4 Å². The van der Waals surface area contributed by atoms with Crippen molar-refractivity contribution in [3.8, 4) is 0 Å². The third-order valence-corrected chi connectivity index (χ3v) is 7.38. The van der Waals surface area contributed by atoms with Gasteiger partial charge in [-0.15, -0.1) is 0 Å². The fraction of sp³-hybridized carbons (Fsp3) is 0.167. The maximum Gasteiger partial charge on any atom is 0.313 e. The van der Waals surface area contributed by atoms with Crippen LogP contribution in [0.5, 0.6) is 0 Å². The second-order valence-corrected chi connectivity index (χ2v) is 11.0. The zero-order valence-corrected chi connectivity index (χ0v) is 25.1. The van der Waals surface area contributed by atoms with E-state index in [1.807, 2.05) is 84.9 Å². The van der Waals surface area contributed by atoms with Gasteiger partial charge in [0.15, 0.2) is 0 Å². The molecule has 3 heterocycles. The number of hydrogen-bond acceptors (Lipinski definition) is 6. The van der Waals surface area contributed by atoms with E-state index in [4.69, 9.17) is 15.3 Å². The Balaban J connectivity index is 0.000000154. The molecule has 3 aromatic heterocycles. The summed E-state index contributed by atoms with van der Waals surface area (Å²) < 4.78 is 0. The Kier molecular flexibility index (Phi) is 10.2. The maximum absolute atomic E-state index is 11.1. The topological polar surface area (TPSA) is 151 Å². The molecule has 6 aromatic rings. The maximum atomic E-state index is 11.1. The summed E-state index contributed by atoms with van der Waals surface area (Å²) in [5.74, 6) is -2.92. The standard InChI is InChI=1S/C13H13NO2.C12H11NO2.C11H9NO2/c1-13(2,12(15)16)10-5-6-11-9(8-10)4-3-7-14-11;1-8(12(14)15)9-4-5-11-10(7-9)3-2-6-13-11;13-11(14)7-8-3-4-10-9(6-8)2-1-5-12-10/h3-8H,1-2H3,(H,15,16);2-8H,1H3,(H,14,15);1-6H,7H2,(H,13,14). The molecular formula is C36H33N3O6. The number of aliphatic carboxylic acids is 3. The van der Waals surface area contributed by atoms with Gasteiger partial charge in [0.05, 0.1) is 34.3 Å². The molecular weight excluding hydrogens is 570 g/mol. The fourth-order valence-corrected chi connectivity index (χ4v) is 4.50. The van der Waals surface area contributed by atoms with Gasteiger partial charge in [-0.1, -0.05) is 36.4 Å². The molecule has 3 aromatic carbocycles. The highest BCUT2D eigenvalue weighted by Crippen LogP contribution is 2.26. The molecule has 1 atom stereocenters. The van der Waals surface area contributed by atoms with E-state index in [0.29, 0.717) is 0 Å². The second-order valence-electron chi connectivity index (χ2n) is 11.0. The van der Waals surface area contributed by atoms with Crippen LogP contribution in [-0.2, 0) is 26.2 Å². The summed E-state index contributed by atoms with van der Waals surface area (Å²) in [6, 6.07) is 27.9. The summed E-state index contributed by atoms with van der Waals surface area (Å²) in [4.78, 5) is 45.0. The smallest absolute Gasteiger partial charge is 0.313 e. The molecule has 9 nitrogen and oxygen atoms in total. The minimum absolute atomic E-state index is 0.0604. The quantitative estimate of drug-likeness (QED) is 0.185. The lowest BCUT2D eigenvalue weighted by Crippen LogP contribution is -2.28. The van der Waals surface area contributed by atoms with Crippen LogP contribution < -0.4 is 0 Å². The van der Waals surface area contributed by atoms with Crippen molar-refractivity contribution in [2.75, 3.05) is 0 Å². The van der Waals surface area contributed by atoms with Crippen LogP contribution in [0.15, 0.2) is 110 Å². The lowest BCUT2D eigenvalue weighted by atomic mass is 9.84. The average molecular weight is 604 g/mol. The number of nitrogens with zero attached hydrogens (tertiary/aromatic N) is 3. The van der Waals surface area contributed by atoms with Crippen molar-refractivity contribution in [2.24, 2.45) is 0 Å². The number of fused-ring (bicyclic) bond motifs is 3. The summed E-state index contributed by atoms with van der Waals surface area (Å²) in [5, 5.41) is 29.6. The average Bonchev–Trinajstić information content (AvgIpc) is 3.04. The predicted molar refractivity (Wildman–Crippen MR) is 173 cm³/mol. The Morgan fingerprint density at radius 2 is 1.16 bits per heavy atom. The van der Waals surface area contributed by atoms with E-state index < -0.39 is 29.2 Å². The van der Waals surface area contributed by atoms with Gasteiger partial charge in [-0.3, -0.25) is 29.3 Å². The number of pyridine rings is 3. The SMILES string of the molecule is CC(C(=O)O)c1ccc2ncccc2c1.CC(C)(C(=O)O)c1ccc2ncccc2c1.O=C(O)Cc1ccc2ncccc2c1. The number of benzene rings is 3. The molecule has 1 unspecified atom stereocenters. The minimum atomic E-state index is -0.871. The first-order valence-electron chi connectivity index (χ1n) is 14.2. The fourth-order valence-electron chi connectivity index (χ4n) is 4.50. The van der Waals surface area contributed by atoms with E-state index >= 15 is 0 Å². The lowest BCUT2D eigenvalue weighted by molar-refractivity contribution is -0.142. The predicted octanol–water partition coefficient (Wildman–Crippen LogP) is 6.88. The van der Waals surface area contributed by atoms with E-state index in [9.17, 15) is 14.4 Å². The molecule has 228 valence electrons.